The van der Waals surface area contributed by atoms with Gasteiger partial charge in [0.2, 0.25) is 0 Å². The van der Waals surface area contributed by atoms with Gasteiger partial charge in [-0.05, 0) is 26.7 Å². The fraction of sp³-hybridized carbons (Fsp3) is 0.750. The summed E-state index contributed by atoms with van der Waals surface area (Å²) in [5.74, 6) is 0. The van der Waals surface area contributed by atoms with E-state index in [4.69, 9.17) is 9.47 Å². The SMILES string of the molecule is CCOC(Cn1ccn(C2CC2)c1=O)OCC. The van der Waals surface area contributed by atoms with E-state index in [0.717, 1.165) is 12.8 Å². The second kappa shape index (κ2) is 5.51. The number of hydrogen-bond donors (Lipinski definition) is 0. The fourth-order valence-corrected chi connectivity index (χ4v) is 1.88. The molecule has 1 fully saturated rings. The van der Waals surface area contributed by atoms with Gasteiger partial charge in [0.25, 0.3) is 0 Å². The summed E-state index contributed by atoms with van der Waals surface area (Å²) in [6, 6.07) is 0.418. The van der Waals surface area contributed by atoms with E-state index >= 15 is 0 Å². The van der Waals surface area contributed by atoms with Crippen LogP contribution in [-0.4, -0.2) is 28.6 Å². The van der Waals surface area contributed by atoms with E-state index in [0.29, 0.717) is 25.8 Å². The fourth-order valence-electron chi connectivity index (χ4n) is 1.88. The van der Waals surface area contributed by atoms with Gasteiger partial charge in [0.05, 0.1) is 6.54 Å². The first kappa shape index (κ1) is 12.4. The summed E-state index contributed by atoms with van der Waals surface area (Å²) in [5.41, 5.74) is 0.0388. The summed E-state index contributed by atoms with van der Waals surface area (Å²) in [7, 11) is 0. The number of imidazole rings is 1. The molecule has 1 aliphatic carbocycles. The summed E-state index contributed by atoms with van der Waals surface area (Å²) >= 11 is 0. The Morgan fingerprint density at radius 3 is 2.47 bits per heavy atom. The zero-order chi connectivity index (χ0) is 12.3. The average Bonchev–Trinajstić information content (AvgIpc) is 3.07. The number of rotatable bonds is 7. The largest absolute Gasteiger partial charge is 0.351 e. The smallest absolute Gasteiger partial charge is 0.328 e. The Hall–Kier alpha value is -1.07. The average molecular weight is 240 g/mol. The first-order chi connectivity index (χ1) is 8.26. The molecule has 1 aromatic heterocycles. The van der Waals surface area contributed by atoms with Crippen LogP contribution < -0.4 is 5.69 Å². The molecule has 96 valence electrons. The van der Waals surface area contributed by atoms with Crippen LogP contribution in [-0.2, 0) is 16.0 Å². The van der Waals surface area contributed by atoms with Crippen LogP contribution in [0.2, 0.25) is 0 Å². The van der Waals surface area contributed by atoms with Crippen molar-refractivity contribution in [2.75, 3.05) is 13.2 Å². The maximum atomic E-state index is 12.0. The number of hydrogen-bond acceptors (Lipinski definition) is 3. The maximum absolute atomic E-state index is 12.0. The molecule has 0 amide bonds. The molecule has 1 saturated carbocycles. The molecule has 1 aliphatic rings. The van der Waals surface area contributed by atoms with Crippen LogP contribution in [0.5, 0.6) is 0 Å². The molecule has 0 atom stereocenters. The highest BCUT2D eigenvalue weighted by molar-refractivity contribution is 4.91. The second-order valence-electron chi connectivity index (χ2n) is 4.21. The summed E-state index contributed by atoms with van der Waals surface area (Å²) in [6.45, 7) is 5.47. The lowest BCUT2D eigenvalue weighted by atomic mass is 10.6. The molecular formula is C12H20N2O3. The molecule has 2 rings (SSSR count). The molecule has 0 aromatic carbocycles. The van der Waals surface area contributed by atoms with E-state index in [1.807, 2.05) is 26.2 Å². The van der Waals surface area contributed by atoms with E-state index in [-0.39, 0.29) is 12.0 Å². The molecule has 0 unspecified atom stereocenters. The topological polar surface area (TPSA) is 45.4 Å². The van der Waals surface area contributed by atoms with E-state index in [1.54, 1.807) is 9.13 Å². The molecule has 5 heteroatoms. The van der Waals surface area contributed by atoms with Gasteiger partial charge in [0.15, 0.2) is 6.29 Å². The highest BCUT2D eigenvalue weighted by atomic mass is 16.7. The number of nitrogens with zero attached hydrogens (tertiary/aromatic N) is 2. The third-order valence-electron chi connectivity index (χ3n) is 2.86. The monoisotopic (exact) mass is 240 g/mol. The van der Waals surface area contributed by atoms with Gasteiger partial charge < -0.3 is 9.47 Å². The van der Waals surface area contributed by atoms with Crippen molar-refractivity contribution in [3.05, 3.63) is 22.9 Å². The summed E-state index contributed by atoms with van der Waals surface area (Å²) in [6.07, 6.45) is 5.56. The molecule has 17 heavy (non-hydrogen) atoms. The van der Waals surface area contributed by atoms with E-state index < -0.39 is 0 Å². The lowest BCUT2D eigenvalue weighted by molar-refractivity contribution is -0.143. The molecule has 0 bridgehead atoms. The van der Waals surface area contributed by atoms with Crippen LogP contribution >= 0.6 is 0 Å². The molecule has 0 spiro atoms. The third-order valence-corrected chi connectivity index (χ3v) is 2.86. The van der Waals surface area contributed by atoms with Gasteiger partial charge in [-0.15, -0.1) is 0 Å². The van der Waals surface area contributed by atoms with Crippen LogP contribution in [0.1, 0.15) is 32.7 Å². The van der Waals surface area contributed by atoms with Gasteiger partial charge in [-0.25, -0.2) is 4.79 Å². The third kappa shape index (κ3) is 2.98. The minimum Gasteiger partial charge on any atom is -0.351 e. The first-order valence-corrected chi connectivity index (χ1v) is 6.26. The quantitative estimate of drug-likeness (QED) is 0.676. The molecule has 0 saturated heterocycles. The van der Waals surface area contributed by atoms with Crippen LogP contribution in [0, 0.1) is 0 Å². The standard InChI is InChI=1S/C12H20N2O3/c1-3-16-11(17-4-2)9-13-7-8-14(12(13)15)10-5-6-10/h7-8,10-11H,3-6,9H2,1-2H3. The van der Waals surface area contributed by atoms with Crippen LogP contribution in [0.15, 0.2) is 17.2 Å². The first-order valence-electron chi connectivity index (χ1n) is 6.26. The number of ether oxygens (including phenoxy) is 2. The lowest BCUT2D eigenvalue weighted by Crippen LogP contribution is -2.31. The van der Waals surface area contributed by atoms with E-state index in [9.17, 15) is 4.79 Å². The molecular weight excluding hydrogens is 220 g/mol. The highest BCUT2D eigenvalue weighted by Crippen LogP contribution is 2.33. The summed E-state index contributed by atoms with van der Waals surface area (Å²) in [5, 5.41) is 0. The van der Waals surface area contributed by atoms with E-state index in [1.165, 1.54) is 0 Å². The van der Waals surface area contributed by atoms with Crippen molar-refractivity contribution in [2.24, 2.45) is 0 Å². The normalized spacial score (nSPS) is 15.7. The highest BCUT2D eigenvalue weighted by Gasteiger charge is 2.25. The summed E-state index contributed by atoms with van der Waals surface area (Å²) in [4.78, 5) is 12.0. The van der Waals surface area contributed by atoms with Crippen molar-refractivity contribution in [3.8, 4) is 0 Å². The molecule has 1 heterocycles. The van der Waals surface area contributed by atoms with Gasteiger partial charge in [-0.1, -0.05) is 0 Å². The second-order valence-corrected chi connectivity index (χ2v) is 4.21. The molecule has 5 nitrogen and oxygen atoms in total. The van der Waals surface area contributed by atoms with Crippen molar-refractivity contribution in [1.29, 1.82) is 0 Å². The molecule has 0 radical (unpaired) electrons. The summed E-state index contributed by atoms with van der Waals surface area (Å²) < 4.78 is 14.3. The molecule has 1 aromatic rings. The Labute approximate surface area is 101 Å². The van der Waals surface area contributed by atoms with E-state index in [2.05, 4.69) is 0 Å². The minimum absolute atomic E-state index is 0.0388. The van der Waals surface area contributed by atoms with Gasteiger partial charge in [-0.2, -0.15) is 0 Å². The maximum Gasteiger partial charge on any atom is 0.328 e. The van der Waals surface area contributed by atoms with Gasteiger partial charge in [0, 0.05) is 31.6 Å². The van der Waals surface area contributed by atoms with Crippen LogP contribution in [0.3, 0.4) is 0 Å². The Morgan fingerprint density at radius 1 is 1.29 bits per heavy atom. The van der Waals surface area contributed by atoms with Gasteiger partial charge >= 0.3 is 5.69 Å². The van der Waals surface area contributed by atoms with Crippen molar-refractivity contribution < 1.29 is 9.47 Å². The predicted octanol–water partition coefficient (Wildman–Crippen LogP) is 1.38. The van der Waals surface area contributed by atoms with Crippen LogP contribution in [0.4, 0.5) is 0 Å². The van der Waals surface area contributed by atoms with Crippen molar-refractivity contribution in [3.63, 3.8) is 0 Å². The number of aromatic nitrogens is 2. The predicted molar refractivity (Wildman–Crippen MR) is 64.0 cm³/mol. The van der Waals surface area contributed by atoms with Crippen LogP contribution in [0.25, 0.3) is 0 Å². The van der Waals surface area contributed by atoms with Gasteiger partial charge in [0.1, 0.15) is 0 Å². The van der Waals surface area contributed by atoms with Crippen molar-refractivity contribution >= 4 is 0 Å². The van der Waals surface area contributed by atoms with Crippen molar-refractivity contribution in [1.82, 2.24) is 9.13 Å². The Bertz CT molecular complexity index is 400. The minimum atomic E-state index is -0.335. The Morgan fingerprint density at radius 2 is 1.94 bits per heavy atom. The van der Waals surface area contributed by atoms with Gasteiger partial charge in [-0.3, -0.25) is 9.13 Å². The zero-order valence-electron chi connectivity index (χ0n) is 10.5. The molecule has 0 N–H and O–H groups in total. The lowest BCUT2D eigenvalue weighted by Gasteiger charge is -2.16. The molecule has 0 aliphatic heterocycles. The Balaban J connectivity index is 2.03. The zero-order valence-corrected chi connectivity index (χ0v) is 10.5. The Kier molecular flexibility index (Phi) is 4.02. The van der Waals surface area contributed by atoms with Crippen molar-refractivity contribution in [2.45, 2.75) is 45.6 Å².